The first-order chi connectivity index (χ1) is 19.4. The number of rotatable bonds is 8. The van der Waals surface area contributed by atoms with Gasteiger partial charge < -0.3 is 10.6 Å². The Kier molecular flexibility index (Phi) is 7.89. The Morgan fingerprint density at radius 2 is 1.45 bits per heavy atom. The van der Waals surface area contributed by atoms with Gasteiger partial charge in [-0.1, -0.05) is 60.2 Å². The Morgan fingerprint density at radius 3 is 2.10 bits per heavy atom. The summed E-state index contributed by atoms with van der Waals surface area (Å²) < 4.78 is 0. The van der Waals surface area contributed by atoms with Crippen molar-refractivity contribution in [3.05, 3.63) is 137 Å². The highest BCUT2D eigenvalue weighted by Gasteiger charge is 2.34. The molecule has 0 bridgehead atoms. The lowest BCUT2D eigenvalue weighted by Crippen LogP contribution is -2.30. The Hall–Kier alpha value is -4.95. The van der Waals surface area contributed by atoms with Crippen molar-refractivity contribution in [2.24, 2.45) is 0 Å². The molecule has 0 atom stereocenters. The number of anilines is 1. The van der Waals surface area contributed by atoms with Gasteiger partial charge in [-0.25, -0.2) is 0 Å². The molecule has 0 radical (unpaired) electrons. The molecular weight excluding hydrogens is 522 g/mol. The van der Waals surface area contributed by atoms with Crippen molar-refractivity contribution in [2.75, 3.05) is 11.2 Å². The van der Waals surface area contributed by atoms with Gasteiger partial charge in [0.15, 0.2) is 0 Å². The second-order valence-electron chi connectivity index (χ2n) is 9.13. The summed E-state index contributed by atoms with van der Waals surface area (Å²) in [6.07, 6.45) is 1.63. The standard InChI is InChI=1S/C32H25N3O4S/c1-21-8-7-9-22(18-21)19-28(34-29(36)23-10-3-2-4-11-23)30(37)33-24-14-16-25(17-15-24)40-20-35-31(38)26-12-5-6-13-27(26)32(35)39/h2-19H,20H2,1H3,(H,33,37)(H,34,36)/b28-19-. The summed E-state index contributed by atoms with van der Waals surface area (Å²) in [5.41, 5.74) is 3.70. The molecule has 8 heteroatoms. The van der Waals surface area contributed by atoms with E-state index in [1.807, 2.05) is 37.3 Å². The number of imide groups is 1. The fourth-order valence-corrected chi connectivity index (χ4v) is 5.04. The fourth-order valence-electron chi connectivity index (χ4n) is 4.20. The van der Waals surface area contributed by atoms with Crippen molar-refractivity contribution < 1.29 is 19.2 Å². The molecule has 4 aromatic rings. The summed E-state index contributed by atoms with van der Waals surface area (Å²) in [5, 5.41) is 5.57. The first-order valence-corrected chi connectivity index (χ1v) is 13.5. The first kappa shape index (κ1) is 26.6. The summed E-state index contributed by atoms with van der Waals surface area (Å²) in [4.78, 5) is 53.3. The second kappa shape index (κ2) is 11.8. The van der Waals surface area contributed by atoms with E-state index < -0.39 is 11.8 Å². The normalized spacial score (nSPS) is 12.7. The molecule has 4 aromatic carbocycles. The maximum atomic E-state index is 13.3. The maximum Gasteiger partial charge on any atom is 0.272 e. The minimum atomic E-state index is -0.475. The molecule has 0 unspecified atom stereocenters. The van der Waals surface area contributed by atoms with E-state index in [0.717, 1.165) is 16.0 Å². The molecule has 2 N–H and O–H groups in total. The van der Waals surface area contributed by atoms with Crippen LogP contribution in [0, 0.1) is 6.92 Å². The summed E-state index contributed by atoms with van der Waals surface area (Å²) in [7, 11) is 0. The third kappa shape index (κ3) is 6.03. The highest BCUT2D eigenvalue weighted by atomic mass is 32.2. The van der Waals surface area contributed by atoms with Gasteiger partial charge in [-0.05, 0) is 67.1 Å². The van der Waals surface area contributed by atoms with Crippen LogP contribution in [-0.2, 0) is 4.79 Å². The molecule has 1 heterocycles. The predicted molar refractivity (Wildman–Crippen MR) is 156 cm³/mol. The van der Waals surface area contributed by atoms with Gasteiger partial charge in [0.2, 0.25) is 0 Å². The third-order valence-electron chi connectivity index (χ3n) is 6.23. The van der Waals surface area contributed by atoms with E-state index in [-0.39, 0.29) is 23.4 Å². The molecule has 40 heavy (non-hydrogen) atoms. The summed E-state index contributed by atoms with van der Waals surface area (Å²) in [5.74, 6) is -1.30. The largest absolute Gasteiger partial charge is 0.321 e. The van der Waals surface area contributed by atoms with Crippen LogP contribution in [0.2, 0.25) is 0 Å². The van der Waals surface area contributed by atoms with Gasteiger partial charge >= 0.3 is 0 Å². The first-order valence-electron chi connectivity index (χ1n) is 12.5. The number of fused-ring (bicyclic) bond motifs is 1. The van der Waals surface area contributed by atoms with Gasteiger partial charge in [0.25, 0.3) is 23.6 Å². The van der Waals surface area contributed by atoms with E-state index in [1.165, 1.54) is 16.7 Å². The SMILES string of the molecule is Cc1cccc(/C=C(\NC(=O)c2ccccc2)C(=O)Nc2ccc(SCN3C(=O)c4ccccc4C3=O)cc2)c1. The zero-order valence-electron chi connectivity index (χ0n) is 21.6. The lowest BCUT2D eigenvalue weighted by Gasteiger charge is -2.14. The van der Waals surface area contributed by atoms with E-state index in [0.29, 0.717) is 22.4 Å². The number of benzene rings is 4. The molecule has 0 spiro atoms. The quantitative estimate of drug-likeness (QED) is 0.166. The molecule has 0 fully saturated rings. The summed E-state index contributed by atoms with van der Waals surface area (Å²) in [6.45, 7) is 1.95. The van der Waals surface area contributed by atoms with Crippen LogP contribution in [0.5, 0.6) is 0 Å². The zero-order valence-corrected chi connectivity index (χ0v) is 22.4. The van der Waals surface area contributed by atoms with Crippen LogP contribution in [0.15, 0.2) is 114 Å². The number of nitrogens with one attached hydrogen (secondary N) is 2. The molecule has 0 saturated carbocycles. The number of aryl methyl sites for hydroxylation is 1. The minimum Gasteiger partial charge on any atom is -0.321 e. The Morgan fingerprint density at radius 1 is 0.800 bits per heavy atom. The average molecular weight is 548 g/mol. The number of nitrogens with zero attached hydrogens (tertiary/aromatic N) is 1. The molecule has 0 aromatic heterocycles. The monoisotopic (exact) mass is 547 g/mol. The Bertz CT molecular complexity index is 1600. The third-order valence-corrected chi connectivity index (χ3v) is 7.23. The Labute approximate surface area is 235 Å². The van der Waals surface area contributed by atoms with Gasteiger partial charge in [-0.2, -0.15) is 0 Å². The van der Waals surface area contributed by atoms with Gasteiger partial charge in [0, 0.05) is 16.1 Å². The van der Waals surface area contributed by atoms with Crippen LogP contribution in [0.3, 0.4) is 0 Å². The van der Waals surface area contributed by atoms with Crippen molar-refractivity contribution in [2.45, 2.75) is 11.8 Å². The van der Waals surface area contributed by atoms with E-state index >= 15 is 0 Å². The van der Waals surface area contributed by atoms with Crippen LogP contribution in [-0.4, -0.2) is 34.4 Å². The van der Waals surface area contributed by atoms with Crippen LogP contribution in [0.1, 0.15) is 42.2 Å². The smallest absolute Gasteiger partial charge is 0.272 e. The zero-order chi connectivity index (χ0) is 28.1. The van der Waals surface area contributed by atoms with Crippen molar-refractivity contribution >= 4 is 47.2 Å². The molecule has 1 aliphatic rings. The summed E-state index contributed by atoms with van der Waals surface area (Å²) >= 11 is 1.34. The lowest BCUT2D eigenvalue weighted by atomic mass is 10.1. The van der Waals surface area contributed by atoms with Gasteiger partial charge in [0.1, 0.15) is 5.70 Å². The second-order valence-corrected chi connectivity index (χ2v) is 10.1. The van der Waals surface area contributed by atoms with E-state index in [4.69, 9.17) is 0 Å². The molecule has 5 rings (SSSR count). The average Bonchev–Trinajstić information content (AvgIpc) is 3.21. The molecule has 0 aliphatic carbocycles. The topological polar surface area (TPSA) is 95.6 Å². The van der Waals surface area contributed by atoms with Crippen molar-refractivity contribution in [1.29, 1.82) is 0 Å². The molecule has 198 valence electrons. The molecular formula is C32H25N3O4S. The van der Waals surface area contributed by atoms with E-state index in [1.54, 1.807) is 78.9 Å². The van der Waals surface area contributed by atoms with Gasteiger partial charge in [-0.3, -0.25) is 24.1 Å². The number of hydrogen-bond acceptors (Lipinski definition) is 5. The fraction of sp³-hybridized carbons (Fsp3) is 0.0625. The number of thioether (sulfide) groups is 1. The van der Waals surface area contributed by atoms with Crippen LogP contribution < -0.4 is 10.6 Å². The summed E-state index contributed by atoms with van der Waals surface area (Å²) in [6, 6.07) is 30.1. The molecule has 0 saturated heterocycles. The molecule has 4 amide bonds. The Balaban J connectivity index is 1.26. The molecule has 1 aliphatic heterocycles. The van der Waals surface area contributed by atoms with E-state index in [2.05, 4.69) is 10.6 Å². The number of hydrogen-bond donors (Lipinski definition) is 2. The number of carbonyl (C=O) groups is 4. The van der Waals surface area contributed by atoms with Gasteiger partial charge in [0.05, 0.1) is 17.0 Å². The van der Waals surface area contributed by atoms with Crippen molar-refractivity contribution in [1.82, 2.24) is 10.2 Å². The number of carbonyl (C=O) groups excluding carboxylic acids is 4. The highest BCUT2D eigenvalue weighted by Crippen LogP contribution is 2.28. The van der Waals surface area contributed by atoms with Crippen molar-refractivity contribution in [3.63, 3.8) is 0 Å². The minimum absolute atomic E-state index is 0.100. The van der Waals surface area contributed by atoms with Crippen LogP contribution in [0.4, 0.5) is 5.69 Å². The predicted octanol–water partition coefficient (Wildman–Crippen LogP) is 5.75. The molecule has 7 nitrogen and oxygen atoms in total. The van der Waals surface area contributed by atoms with Gasteiger partial charge in [-0.15, -0.1) is 11.8 Å². The number of amides is 4. The maximum absolute atomic E-state index is 13.3. The van der Waals surface area contributed by atoms with E-state index in [9.17, 15) is 19.2 Å². The van der Waals surface area contributed by atoms with Crippen LogP contribution >= 0.6 is 11.8 Å². The lowest BCUT2D eigenvalue weighted by molar-refractivity contribution is -0.113. The van der Waals surface area contributed by atoms with Crippen molar-refractivity contribution in [3.8, 4) is 0 Å². The highest BCUT2D eigenvalue weighted by molar-refractivity contribution is 7.99. The van der Waals surface area contributed by atoms with Crippen LogP contribution in [0.25, 0.3) is 6.08 Å².